The SMILES string of the molecule is FC(F)(F)c1cc([B-](c2cc(C(F)(F)F)cc(C(F)(F)F)c2)(c2cc(C(F)(F)F)cc(C(F)(F)F)c2)c2cc(C(F)(F)F)cc(C(F)(F)F)c2)cc(C(F)(F)F)c1.O=C(C[n+]1ccncc1CS)c1ccccc1. The molecule has 74 heavy (non-hydrogen) atoms. The normalized spacial score (nSPS) is 13.4. The maximum atomic E-state index is 14.2. The highest BCUT2D eigenvalue weighted by Crippen LogP contribution is 2.41. The summed E-state index contributed by atoms with van der Waals surface area (Å²) in [7, 11) is 0. The third-order valence-electron chi connectivity index (χ3n) is 10.9. The summed E-state index contributed by atoms with van der Waals surface area (Å²) in [4.78, 5) is 16.0. The number of carbonyl (C=O) groups is 1. The van der Waals surface area contributed by atoms with Crippen LogP contribution < -0.4 is 26.4 Å². The summed E-state index contributed by atoms with van der Waals surface area (Å²) in [5.41, 5.74) is -28.5. The fraction of sp³-hybridized carbons (Fsp3) is 0.222. The standard InChI is InChI=1S/C32H12BF24.C13H12N2OS/c34-25(35,36)13-1-14(26(37,38)39)6-21(5-13)33(22-7-15(27(40,41)42)2-16(8-22)28(43,44)45,23-9-17(29(46,47)48)3-18(10-23)30(49,50)51)24-11-19(31(52,53)54)4-20(12-24)32(55,56)57;16-13(11-4-2-1-3-5-11)9-15-7-6-14-8-12(15)10-17/h1-12H;1-8H,9-10H2/q-1;/p+1. The fourth-order valence-electron chi connectivity index (χ4n) is 7.64. The van der Waals surface area contributed by atoms with E-state index in [1.165, 1.54) is 0 Å². The first-order chi connectivity index (χ1) is 33.6. The van der Waals surface area contributed by atoms with E-state index >= 15 is 0 Å². The number of halogens is 24. The maximum Gasteiger partial charge on any atom is 0.416 e. The molecule has 6 rings (SSSR count). The molecule has 3 nitrogen and oxygen atoms in total. The van der Waals surface area contributed by atoms with Crippen LogP contribution in [0.2, 0.25) is 0 Å². The van der Waals surface area contributed by atoms with Crippen molar-refractivity contribution in [2.24, 2.45) is 0 Å². The lowest BCUT2D eigenvalue weighted by Crippen LogP contribution is -2.75. The van der Waals surface area contributed by atoms with Crippen molar-refractivity contribution in [3.05, 3.63) is 177 Å². The maximum absolute atomic E-state index is 14.2. The van der Waals surface area contributed by atoms with Crippen molar-refractivity contribution >= 4 is 46.4 Å². The van der Waals surface area contributed by atoms with E-state index in [4.69, 9.17) is 0 Å². The first-order valence-electron chi connectivity index (χ1n) is 19.9. The molecule has 0 unspecified atom stereocenters. The molecule has 0 fully saturated rings. The number of ketones is 1. The van der Waals surface area contributed by atoms with Crippen molar-refractivity contribution in [1.29, 1.82) is 0 Å². The molecule has 6 aromatic rings. The van der Waals surface area contributed by atoms with Crippen LogP contribution in [0.4, 0.5) is 105 Å². The van der Waals surface area contributed by atoms with Crippen LogP contribution in [0, 0.1) is 0 Å². The third kappa shape index (κ3) is 13.5. The molecule has 0 aliphatic carbocycles. The van der Waals surface area contributed by atoms with Crippen LogP contribution in [0.1, 0.15) is 60.6 Å². The molecular weight excluding hydrogens is 1080 g/mol. The Kier molecular flexibility index (Phi) is 16.1. The van der Waals surface area contributed by atoms with Gasteiger partial charge in [-0.25, -0.2) is 0 Å². The number of rotatable bonds is 8. The van der Waals surface area contributed by atoms with Crippen molar-refractivity contribution in [2.45, 2.75) is 61.7 Å². The van der Waals surface area contributed by atoms with Crippen LogP contribution in [-0.2, 0) is 61.7 Å². The summed E-state index contributed by atoms with van der Waals surface area (Å²) in [6, 6.07) is 0.466. The molecule has 0 amide bonds. The van der Waals surface area contributed by atoms with Crippen molar-refractivity contribution in [1.82, 2.24) is 4.98 Å². The van der Waals surface area contributed by atoms with Gasteiger partial charge in [-0.2, -0.15) is 144 Å². The second-order valence-corrected chi connectivity index (χ2v) is 16.2. The van der Waals surface area contributed by atoms with E-state index < -0.39 is 195 Å². The van der Waals surface area contributed by atoms with E-state index in [1.807, 2.05) is 34.9 Å². The Balaban J connectivity index is 0.000000500. The number of thiol groups is 1. The van der Waals surface area contributed by atoms with Crippen LogP contribution in [0.15, 0.2) is 122 Å². The molecule has 0 bridgehead atoms. The Bertz CT molecular complexity index is 2550. The number of aromatic nitrogens is 2. The van der Waals surface area contributed by atoms with Crippen molar-refractivity contribution in [3.8, 4) is 0 Å². The molecular formula is C45H25BF24N2OS. The van der Waals surface area contributed by atoms with E-state index in [0.717, 1.165) is 11.3 Å². The Labute approximate surface area is 404 Å². The number of nitrogens with zero attached hydrogens (tertiary/aromatic N) is 2. The average molecular weight is 1110 g/mol. The van der Waals surface area contributed by atoms with Gasteiger partial charge in [-0.05, 0) is 24.3 Å². The first-order valence-corrected chi connectivity index (χ1v) is 20.6. The van der Waals surface area contributed by atoms with Crippen LogP contribution in [0.5, 0.6) is 0 Å². The van der Waals surface area contributed by atoms with E-state index in [1.54, 1.807) is 18.6 Å². The van der Waals surface area contributed by atoms with E-state index in [2.05, 4.69) is 17.6 Å². The molecule has 0 spiro atoms. The van der Waals surface area contributed by atoms with Gasteiger partial charge >= 0.3 is 49.4 Å². The number of benzene rings is 5. The van der Waals surface area contributed by atoms with Gasteiger partial charge in [0, 0.05) is 5.56 Å². The zero-order valence-electron chi connectivity index (χ0n) is 35.9. The highest BCUT2D eigenvalue weighted by atomic mass is 32.1. The number of Topliss-reactive ketones (excluding diaryl/α,β-unsaturated/α-hetero) is 1. The highest BCUT2D eigenvalue weighted by molar-refractivity contribution is 7.79. The predicted molar refractivity (Wildman–Crippen MR) is 218 cm³/mol. The van der Waals surface area contributed by atoms with E-state index in [-0.39, 0.29) is 5.78 Å². The summed E-state index contributed by atoms with van der Waals surface area (Å²) >= 11 is 4.22. The predicted octanol–water partition coefficient (Wildman–Crippen LogP) is 12.9. The lowest BCUT2D eigenvalue weighted by Gasteiger charge is -2.46. The minimum Gasteiger partial charge on any atom is -0.287 e. The van der Waals surface area contributed by atoms with E-state index in [0.29, 0.717) is 12.3 Å². The summed E-state index contributed by atoms with van der Waals surface area (Å²) in [6.45, 7) is 0.322. The third-order valence-corrected chi connectivity index (χ3v) is 11.3. The highest BCUT2D eigenvalue weighted by Gasteiger charge is 2.47. The smallest absolute Gasteiger partial charge is 0.287 e. The minimum absolute atomic E-state index is 0.0878. The molecule has 0 saturated carbocycles. The van der Waals surface area contributed by atoms with Crippen molar-refractivity contribution in [2.75, 3.05) is 0 Å². The van der Waals surface area contributed by atoms with Gasteiger partial charge in [0.1, 0.15) is 6.15 Å². The molecule has 0 atom stereocenters. The lowest BCUT2D eigenvalue weighted by molar-refractivity contribution is -0.690. The zero-order valence-corrected chi connectivity index (χ0v) is 36.8. The second kappa shape index (κ2) is 20.4. The molecule has 0 N–H and O–H groups in total. The Morgan fingerprint density at radius 2 is 0.676 bits per heavy atom. The summed E-state index contributed by atoms with van der Waals surface area (Å²) < 4.78 is 343. The van der Waals surface area contributed by atoms with Gasteiger partial charge in [-0.3, -0.25) is 9.78 Å². The van der Waals surface area contributed by atoms with Crippen molar-refractivity contribution < 1.29 is 115 Å². The number of hydrogen-bond acceptors (Lipinski definition) is 3. The molecule has 0 aliphatic rings. The van der Waals surface area contributed by atoms with Crippen molar-refractivity contribution in [3.63, 3.8) is 0 Å². The first kappa shape index (κ1) is 58.5. The van der Waals surface area contributed by atoms with Crippen LogP contribution in [-0.4, -0.2) is 16.9 Å². The summed E-state index contributed by atoms with van der Waals surface area (Å²) in [5, 5.41) is 0. The summed E-state index contributed by atoms with van der Waals surface area (Å²) in [5.74, 6) is 0.653. The molecule has 0 aliphatic heterocycles. The Morgan fingerprint density at radius 1 is 0.419 bits per heavy atom. The molecule has 1 heterocycles. The molecule has 1 aromatic heterocycles. The average Bonchev–Trinajstić information content (AvgIpc) is 3.27. The zero-order chi connectivity index (χ0) is 56.0. The van der Waals surface area contributed by atoms with Crippen LogP contribution in [0.25, 0.3) is 0 Å². The van der Waals surface area contributed by atoms with Gasteiger partial charge in [-0.1, -0.05) is 78.9 Å². The van der Waals surface area contributed by atoms with Gasteiger partial charge in [0.15, 0.2) is 6.20 Å². The molecule has 398 valence electrons. The van der Waals surface area contributed by atoms with E-state index in [9.17, 15) is 110 Å². The number of alkyl halides is 24. The molecule has 29 heteroatoms. The molecule has 0 radical (unpaired) electrons. The van der Waals surface area contributed by atoms with Gasteiger partial charge in [0.25, 0.3) is 0 Å². The van der Waals surface area contributed by atoms with Crippen LogP contribution in [0.3, 0.4) is 0 Å². The van der Waals surface area contributed by atoms with Crippen LogP contribution >= 0.6 is 12.6 Å². The lowest BCUT2D eigenvalue weighted by atomic mass is 9.12. The number of hydrogen-bond donors (Lipinski definition) is 1. The van der Waals surface area contributed by atoms with Gasteiger partial charge in [0.2, 0.25) is 18.0 Å². The fourth-order valence-corrected chi connectivity index (χ4v) is 7.91. The molecule has 0 saturated heterocycles. The van der Waals surface area contributed by atoms with Gasteiger partial charge in [-0.15, -0.1) is 0 Å². The largest absolute Gasteiger partial charge is 0.416 e. The van der Waals surface area contributed by atoms with Gasteiger partial charge < -0.3 is 0 Å². The topological polar surface area (TPSA) is 33.8 Å². The number of carbonyl (C=O) groups excluding carboxylic acids is 1. The Morgan fingerprint density at radius 3 is 0.905 bits per heavy atom. The quantitative estimate of drug-likeness (QED) is 0.0542. The second-order valence-electron chi connectivity index (χ2n) is 15.9. The minimum atomic E-state index is -6.13. The Hall–Kier alpha value is -6.42. The summed E-state index contributed by atoms with van der Waals surface area (Å²) in [6.07, 6.45) is -49.6. The van der Waals surface area contributed by atoms with Gasteiger partial charge in [0.05, 0.1) is 62.7 Å². The monoisotopic (exact) mass is 1110 g/mol. The molecule has 5 aromatic carbocycles.